The summed E-state index contributed by atoms with van der Waals surface area (Å²) in [6.07, 6.45) is 6.42. The van der Waals surface area contributed by atoms with Gasteiger partial charge in [-0.25, -0.2) is 4.98 Å². The Kier molecular flexibility index (Phi) is 6.19. The van der Waals surface area contributed by atoms with Crippen molar-refractivity contribution < 1.29 is 0 Å². The van der Waals surface area contributed by atoms with E-state index in [9.17, 15) is 0 Å². The molecule has 4 heteroatoms. The first kappa shape index (κ1) is 14.5. The van der Waals surface area contributed by atoms with Crippen molar-refractivity contribution in [3.05, 3.63) is 23.9 Å². The van der Waals surface area contributed by atoms with E-state index in [0.717, 1.165) is 18.9 Å². The van der Waals surface area contributed by atoms with E-state index in [-0.39, 0.29) is 5.84 Å². The van der Waals surface area contributed by atoms with Gasteiger partial charge in [0.1, 0.15) is 11.7 Å². The summed E-state index contributed by atoms with van der Waals surface area (Å²) in [6.45, 7) is 6.49. The molecule has 0 amide bonds. The van der Waals surface area contributed by atoms with Crippen molar-refractivity contribution in [3.63, 3.8) is 0 Å². The van der Waals surface area contributed by atoms with Crippen molar-refractivity contribution >= 4 is 11.7 Å². The fraction of sp³-hybridized carbons (Fsp3) is 0.571. The minimum Gasteiger partial charge on any atom is -0.384 e. The molecule has 0 aromatic carbocycles. The third-order valence-electron chi connectivity index (χ3n) is 2.95. The van der Waals surface area contributed by atoms with E-state index >= 15 is 0 Å². The molecule has 0 aliphatic rings. The van der Waals surface area contributed by atoms with Gasteiger partial charge in [-0.3, -0.25) is 5.41 Å². The van der Waals surface area contributed by atoms with Crippen LogP contribution in [0.1, 0.15) is 45.1 Å². The lowest BCUT2D eigenvalue weighted by molar-refractivity contribution is 0.671. The van der Waals surface area contributed by atoms with Gasteiger partial charge in [0.05, 0.1) is 0 Å². The molecule has 0 radical (unpaired) electrons. The highest BCUT2D eigenvalue weighted by molar-refractivity contribution is 5.94. The number of hydrogen-bond donors (Lipinski definition) is 2. The first-order chi connectivity index (χ1) is 8.69. The van der Waals surface area contributed by atoms with Crippen molar-refractivity contribution in [2.75, 3.05) is 18.0 Å². The van der Waals surface area contributed by atoms with Gasteiger partial charge in [-0.15, -0.1) is 0 Å². The van der Waals surface area contributed by atoms with Crippen LogP contribution in [0.4, 0.5) is 5.82 Å². The molecule has 1 rings (SSSR count). The second-order valence-electron chi connectivity index (χ2n) is 4.51. The number of nitrogens with zero attached hydrogens (tertiary/aromatic N) is 2. The summed E-state index contributed by atoms with van der Waals surface area (Å²) in [5, 5.41) is 7.36. The van der Waals surface area contributed by atoms with Crippen molar-refractivity contribution in [2.24, 2.45) is 5.73 Å². The summed E-state index contributed by atoms with van der Waals surface area (Å²) in [5.41, 5.74) is 6.11. The molecule has 0 spiro atoms. The van der Waals surface area contributed by atoms with Gasteiger partial charge < -0.3 is 10.6 Å². The van der Waals surface area contributed by atoms with E-state index in [0.29, 0.717) is 5.56 Å². The van der Waals surface area contributed by atoms with Gasteiger partial charge in [0, 0.05) is 24.8 Å². The minimum absolute atomic E-state index is 0.0720. The average Bonchev–Trinajstić information content (AvgIpc) is 2.39. The Morgan fingerprint density at radius 2 is 1.83 bits per heavy atom. The number of unbranched alkanes of at least 4 members (excludes halogenated alkanes) is 2. The largest absolute Gasteiger partial charge is 0.384 e. The molecule has 4 nitrogen and oxygen atoms in total. The predicted molar refractivity (Wildman–Crippen MR) is 77.3 cm³/mol. The molecule has 0 bridgehead atoms. The normalized spacial score (nSPS) is 10.3. The number of nitrogen functional groups attached to an aromatic ring is 1. The second kappa shape index (κ2) is 7.69. The van der Waals surface area contributed by atoms with Crippen molar-refractivity contribution in [2.45, 2.75) is 39.5 Å². The summed E-state index contributed by atoms with van der Waals surface area (Å²) >= 11 is 0. The van der Waals surface area contributed by atoms with Gasteiger partial charge in [-0.1, -0.05) is 26.7 Å². The summed E-state index contributed by atoms with van der Waals surface area (Å²) in [5.74, 6) is 1.06. The Hall–Kier alpha value is -1.58. The molecule has 100 valence electrons. The van der Waals surface area contributed by atoms with Crippen LogP contribution in [0.25, 0.3) is 0 Å². The van der Waals surface area contributed by atoms with Crippen LogP contribution in [0.2, 0.25) is 0 Å². The zero-order valence-electron chi connectivity index (χ0n) is 11.4. The number of pyridine rings is 1. The van der Waals surface area contributed by atoms with Crippen LogP contribution < -0.4 is 10.6 Å². The van der Waals surface area contributed by atoms with Crippen molar-refractivity contribution in [1.82, 2.24) is 4.98 Å². The van der Waals surface area contributed by atoms with E-state index in [2.05, 4.69) is 23.7 Å². The lowest BCUT2D eigenvalue weighted by Gasteiger charge is -2.23. The molecule has 0 saturated heterocycles. The summed E-state index contributed by atoms with van der Waals surface area (Å²) in [7, 11) is 0. The maximum absolute atomic E-state index is 7.36. The van der Waals surface area contributed by atoms with Crippen LogP contribution in [0, 0.1) is 5.41 Å². The monoisotopic (exact) mass is 248 g/mol. The summed E-state index contributed by atoms with van der Waals surface area (Å²) < 4.78 is 0. The van der Waals surface area contributed by atoms with Gasteiger partial charge in [0.2, 0.25) is 0 Å². The van der Waals surface area contributed by atoms with E-state index in [1.54, 1.807) is 6.20 Å². The molecule has 18 heavy (non-hydrogen) atoms. The summed E-state index contributed by atoms with van der Waals surface area (Å²) in [6, 6.07) is 3.83. The highest BCUT2D eigenvalue weighted by Gasteiger charge is 2.07. The molecular formula is C14H24N4. The zero-order valence-corrected chi connectivity index (χ0v) is 11.4. The van der Waals surface area contributed by atoms with Gasteiger partial charge in [-0.05, 0) is 25.0 Å². The standard InChI is InChI=1S/C14H24N4/c1-3-5-9-18(10-6-4-2)13-8-7-12(11-17-13)14(15)16/h7-8,11H,3-6,9-10H2,1-2H3,(H3,15,16). The lowest BCUT2D eigenvalue weighted by Crippen LogP contribution is -2.26. The zero-order chi connectivity index (χ0) is 13.4. The Balaban J connectivity index is 2.73. The highest BCUT2D eigenvalue weighted by Crippen LogP contribution is 2.13. The van der Waals surface area contributed by atoms with Crippen LogP contribution in [-0.2, 0) is 0 Å². The number of anilines is 1. The average molecular weight is 248 g/mol. The number of nitrogens with one attached hydrogen (secondary N) is 1. The molecule has 0 unspecified atom stereocenters. The molecule has 0 saturated carbocycles. The number of amidine groups is 1. The summed E-state index contributed by atoms with van der Waals surface area (Å²) in [4.78, 5) is 6.73. The smallest absolute Gasteiger partial charge is 0.128 e. The lowest BCUT2D eigenvalue weighted by atomic mass is 10.2. The Labute approximate surface area is 110 Å². The van der Waals surface area contributed by atoms with Gasteiger partial charge >= 0.3 is 0 Å². The molecule has 3 N–H and O–H groups in total. The van der Waals surface area contributed by atoms with E-state index in [1.165, 1.54) is 25.7 Å². The number of rotatable bonds is 8. The Morgan fingerprint density at radius 1 is 1.22 bits per heavy atom. The molecule has 0 aliphatic heterocycles. The Morgan fingerprint density at radius 3 is 2.22 bits per heavy atom. The number of hydrogen-bond acceptors (Lipinski definition) is 3. The molecule has 0 aliphatic carbocycles. The third-order valence-corrected chi connectivity index (χ3v) is 2.95. The molecule has 1 heterocycles. The number of aromatic nitrogens is 1. The van der Waals surface area contributed by atoms with Gasteiger partial charge in [0.25, 0.3) is 0 Å². The third kappa shape index (κ3) is 4.35. The second-order valence-corrected chi connectivity index (χ2v) is 4.51. The molecule has 1 aromatic rings. The first-order valence-corrected chi connectivity index (χ1v) is 6.74. The van der Waals surface area contributed by atoms with Crippen molar-refractivity contribution in [3.8, 4) is 0 Å². The van der Waals surface area contributed by atoms with Gasteiger partial charge in [-0.2, -0.15) is 0 Å². The highest BCUT2D eigenvalue weighted by atomic mass is 15.2. The Bertz CT molecular complexity index is 351. The van der Waals surface area contributed by atoms with Crippen LogP contribution in [-0.4, -0.2) is 23.9 Å². The van der Waals surface area contributed by atoms with Crippen LogP contribution in [0.15, 0.2) is 18.3 Å². The quantitative estimate of drug-likeness (QED) is 0.549. The predicted octanol–water partition coefficient (Wildman–Crippen LogP) is 2.77. The van der Waals surface area contributed by atoms with Crippen molar-refractivity contribution in [1.29, 1.82) is 5.41 Å². The van der Waals surface area contributed by atoms with Crippen LogP contribution in [0.5, 0.6) is 0 Å². The molecule has 1 aromatic heterocycles. The van der Waals surface area contributed by atoms with Crippen LogP contribution in [0.3, 0.4) is 0 Å². The molecular weight excluding hydrogens is 224 g/mol. The SMILES string of the molecule is CCCCN(CCCC)c1ccc(C(=N)N)cn1. The number of nitrogens with two attached hydrogens (primary N) is 1. The van der Waals surface area contributed by atoms with E-state index in [1.807, 2.05) is 12.1 Å². The maximum atomic E-state index is 7.36. The minimum atomic E-state index is 0.0720. The maximum Gasteiger partial charge on any atom is 0.128 e. The van der Waals surface area contributed by atoms with E-state index < -0.39 is 0 Å². The fourth-order valence-corrected chi connectivity index (χ4v) is 1.77. The molecule has 0 atom stereocenters. The fourth-order valence-electron chi connectivity index (χ4n) is 1.77. The first-order valence-electron chi connectivity index (χ1n) is 6.74. The van der Waals surface area contributed by atoms with E-state index in [4.69, 9.17) is 11.1 Å². The van der Waals surface area contributed by atoms with Gasteiger partial charge in [0.15, 0.2) is 0 Å². The molecule has 0 fully saturated rings. The topological polar surface area (TPSA) is 66.0 Å². The van der Waals surface area contributed by atoms with Crippen LogP contribution >= 0.6 is 0 Å².